The number of ether oxygens (including phenoxy) is 1. The van der Waals surface area contributed by atoms with Gasteiger partial charge in [0.15, 0.2) is 11.5 Å². The standard InChI is InChI=1S/C28H44N6O4S/c1-7-8-9-10-11-14-17-39(36,37)33-22-16-13-12-15-21(22)29-25(35)19-38-20-28(5,6)26-31-30-24-18-23(27(2,3)4)32-34(24)26/h12-13,15-16,18,32-33H,7-11,14,17,19-20H2,1-6H3,(H,29,35). The molecule has 0 saturated carbocycles. The number of benzene rings is 1. The molecule has 2 aromatic heterocycles. The fourth-order valence-electron chi connectivity index (χ4n) is 4.23. The number of carbonyl (C=O) groups excluding carboxylic acids is 1. The lowest BCUT2D eigenvalue weighted by Crippen LogP contribution is -2.30. The molecule has 3 aromatic rings. The molecule has 0 unspecified atom stereocenters. The molecule has 0 fully saturated rings. The van der Waals surface area contributed by atoms with Crippen LogP contribution in [0.2, 0.25) is 0 Å². The van der Waals surface area contributed by atoms with Gasteiger partial charge in [-0.15, -0.1) is 10.2 Å². The second-order valence-corrected chi connectivity index (χ2v) is 13.6. The molecule has 0 spiro atoms. The van der Waals surface area contributed by atoms with E-state index in [-0.39, 0.29) is 30.3 Å². The molecule has 0 saturated heterocycles. The van der Waals surface area contributed by atoms with Gasteiger partial charge in [-0.05, 0) is 18.6 Å². The van der Waals surface area contributed by atoms with Crippen LogP contribution in [-0.4, -0.2) is 53.1 Å². The topological polar surface area (TPSA) is 130 Å². The number of aromatic amines is 1. The third-order valence-corrected chi connectivity index (χ3v) is 7.89. The molecular formula is C28H44N6O4S. The molecule has 1 aromatic carbocycles. The Morgan fingerprint density at radius 2 is 1.67 bits per heavy atom. The van der Waals surface area contributed by atoms with Crippen molar-refractivity contribution in [3.63, 3.8) is 0 Å². The predicted molar refractivity (Wildman–Crippen MR) is 156 cm³/mol. The molecule has 10 nitrogen and oxygen atoms in total. The zero-order valence-electron chi connectivity index (χ0n) is 24.1. The van der Waals surface area contributed by atoms with Crippen LogP contribution in [0.1, 0.15) is 91.6 Å². The van der Waals surface area contributed by atoms with Crippen molar-refractivity contribution in [2.45, 2.75) is 90.9 Å². The number of rotatable bonds is 15. The summed E-state index contributed by atoms with van der Waals surface area (Å²) in [5, 5.41) is 14.8. The van der Waals surface area contributed by atoms with Gasteiger partial charge < -0.3 is 10.1 Å². The monoisotopic (exact) mass is 560 g/mol. The molecule has 0 aliphatic rings. The van der Waals surface area contributed by atoms with Gasteiger partial charge in [-0.3, -0.25) is 14.6 Å². The van der Waals surface area contributed by atoms with E-state index in [4.69, 9.17) is 4.74 Å². The molecule has 1 amide bonds. The normalized spacial score (nSPS) is 12.7. The first-order valence-corrected chi connectivity index (χ1v) is 15.4. The number of hydrogen-bond donors (Lipinski definition) is 3. The Morgan fingerprint density at radius 3 is 2.36 bits per heavy atom. The van der Waals surface area contributed by atoms with Crippen LogP contribution in [0.15, 0.2) is 30.3 Å². The van der Waals surface area contributed by atoms with Crippen molar-refractivity contribution >= 4 is 33.0 Å². The lowest BCUT2D eigenvalue weighted by molar-refractivity contribution is -0.121. The van der Waals surface area contributed by atoms with E-state index in [0.29, 0.717) is 23.6 Å². The van der Waals surface area contributed by atoms with Crippen molar-refractivity contribution in [3.8, 4) is 0 Å². The number of nitrogens with one attached hydrogen (secondary N) is 3. The number of para-hydroxylation sites is 2. The van der Waals surface area contributed by atoms with E-state index in [2.05, 4.69) is 53.0 Å². The molecule has 3 rings (SSSR count). The van der Waals surface area contributed by atoms with Crippen LogP contribution in [0.5, 0.6) is 0 Å². The van der Waals surface area contributed by atoms with Crippen molar-refractivity contribution in [1.82, 2.24) is 19.8 Å². The number of fused-ring (bicyclic) bond motifs is 1. The number of sulfonamides is 1. The molecule has 0 aliphatic carbocycles. The molecule has 39 heavy (non-hydrogen) atoms. The average Bonchev–Trinajstić information content (AvgIpc) is 3.44. The Kier molecular flexibility index (Phi) is 10.2. The van der Waals surface area contributed by atoms with Crippen molar-refractivity contribution in [2.24, 2.45) is 0 Å². The smallest absolute Gasteiger partial charge is 0.250 e. The van der Waals surface area contributed by atoms with Crippen molar-refractivity contribution in [2.75, 3.05) is 29.0 Å². The summed E-state index contributed by atoms with van der Waals surface area (Å²) in [6.07, 6.45) is 5.99. The maximum Gasteiger partial charge on any atom is 0.250 e. The Morgan fingerprint density at radius 1 is 1.00 bits per heavy atom. The van der Waals surface area contributed by atoms with Gasteiger partial charge in [-0.1, -0.05) is 85.8 Å². The van der Waals surface area contributed by atoms with E-state index in [1.54, 1.807) is 24.3 Å². The number of H-pyrrole nitrogens is 1. The Bertz CT molecular complexity index is 1340. The molecule has 3 N–H and O–H groups in total. The quantitative estimate of drug-likeness (QED) is 0.214. The largest absolute Gasteiger partial charge is 0.371 e. The van der Waals surface area contributed by atoms with E-state index in [0.717, 1.165) is 37.0 Å². The number of carbonyl (C=O) groups is 1. The second kappa shape index (κ2) is 13.0. The highest BCUT2D eigenvalue weighted by Crippen LogP contribution is 2.27. The fraction of sp³-hybridized carbons (Fsp3) is 0.607. The van der Waals surface area contributed by atoms with E-state index in [1.165, 1.54) is 6.42 Å². The van der Waals surface area contributed by atoms with E-state index in [9.17, 15) is 13.2 Å². The summed E-state index contributed by atoms with van der Waals surface area (Å²) in [6, 6.07) is 8.75. The number of anilines is 2. The van der Waals surface area contributed by atoms with Crippen molar-refractivity contribution in [1.29, 1.82) is 0 Å². The van der Waals surface area contributed by atoms with Crippen molar-refractivity contribution < 1.29 is 17.9 Å². The maximum atomic E-state index is 12.7. The van der Waals surface area contributed by atoms with Gasteiger partial charge in [0.05, 0.1) is 29.1 Å². The number of amides is 1. The first-order chi connectivity index (χ1) is 18.3. The molecule has 2 heterocycles. The summed E-state index contributed by atoms with van der Waals surface area (Å²) in [5.41, 5.74) is 1.92. The van der Waals surface area contributed by atoms with E-state index >= 15 is 0 Å². The van der Waals surface area contributed by atoms with Crippen LogP contribution in [-0.2, 0) is 30.4 Å². The van der Waals surface area contributed by atoms with Crippen LogP contribution in [0.4, 0.5) is 11.4 Å². The lowest BCUT2D eigenvalue weighted by Gasteiger charge is -2.22. The summed E-state index contributed by atoms with van der Waals surface area (Å²) >= 11 is 0. The molecular weight excluding hydrogens is 516 g/mol. The van der Waals surface area contributed by atoms with Crippen LogP contribution in [0.3, 0.4) is 0 Å². The minimum absolute atomic E-state index is 0.0492. The fourth-order valence-corrected chi connectivity index (χ4v) is 5.43. The number of hydrogen-bond acceptors (Lipinski definition) is 6. The highest BCUT2D eigenvalue weighted by molar-refractivity contribution is 7.92. The molecule has 216 valence electrons. The van der Waals surface area contributed by atoms with Gasteiger partial charge in [-0.25, -0.2) is 12.9 Å². The van der Waals surface area contributed by atoms with Crippen LogP contribution in [0, 0.1) is 0 Å². The van der Waals surface area contributed by atoms with Gasteiger partial charge in [0.2, 0.25) is 15.9 Å². The number of nitrogens with zero attached hydrogens (tertiary/aromatic N) is 3. The summed E-state index contributed by atoms with van der Waals surface area (Å²) in [5.74, 6) is 0.376. The molecule has 0 bridgehead atoms. The number of aromatic nitrogens is 4. The van der Waals surface area contributed by atoms with E-state index < -0.39 is 15.4 Å². The van der Waals surface area contributed by atoms with Gasteiger partial charge in [-0.2, -0.15) is 0 Å². The highest BCUT2D eigenvalue weighted by Gasteiger charge is 2.29. The first-order valence-electron chi connectivity index (χ1n) is 13.7. The average molecular weight is 561 g/mol. The minimum atomic E-state index is -3.52. The Hall–Kier alpha value is -2.92. The van der Waals surface area contributed by atoms with Gasteiger partial charge >= 0.3 is 0 Å². The zero-order valence-corrected chi connectivity index (χ0v) is 25.0. The van der Waals surface area contributed by atoms with Crippen LogP contribution in [0.25, 0.3) is 5.65 Å². The molecule has 0 aliphatic heterocycles. The van der Waals surface area contributed by atoms with Gasteiger partial charge in [0.25, 0.3) is 0 Å². The van der Waals surface area contributed by atoms with Crippen molar-refractivity contribution in [3.05, 3.63) is 41.9 Å². The third kappa shape index (κ3) is 8.79. The summed E-state index contributed by atoms with van der Waals surface area (Å²) < 4.78 is 35.5. The first kappa shape index (κ1) is 30.6. The summed E-state index contributed by atoms with van der Waals surface area (Å²) in [7, 11) is -3.52. The van der Waals surface area contributed by atoms with Gasteiger partial charge in [0, 0.05) is 17.2 Å². The van der Waals surface area contributed by atoms with Gasteiger partial charge in [0.1, 0.15) is 6.61 Å². The van der Waals surface area contributed by atoms with Crippen LogP contribution >= 0.6 is 0 Å². The Balaban J connectivity index is 1.54. The molecule has 11 heteroatoms. The molecule has 0 radical (unpaired) electrons. The highest BCUT2D eigenvalue weighted by atomic mass is 32.2. The number of unbranched alkanes of at least 4 members (excludes halogenated alkanes) is 5. The SMILES string of the molecule is CCCCCCCCS(=O)(=O)Nc1ccccc1NC(=O)COCC(C)(C)c1nnc2cc(C(C)(C)C)[nH]n12. The van der Waals surface area contributed by atoms with Crippen LogP contribution < -0.4 is 10.0 Å². The minimum Gasteiger partial charge on any atom is -0.371 e. The third-order valence-electron chi connectivity index (χ3n) is 6.54. The maximum absolute atomic E-state index is 12.7. The predicted octanol–water partition coefficient (Wildman–Crippen LogP) is 5.39. The van der Waals surface area contributed by atoms with E-state index in [1.807, 2.05) is 24.4 Å². The Labute approximate surface area is 232 Å². The summed E-state index contributed by atoms with van der Waals surface area (Å²) in [6.45, 7) is 12.5. The lowest BCUT2D eigenvalue weighted by atomic mass is 9.93. The molecule has 0 atom stereocenters. The summed E-state index contributed by atoms with van der Waals surface area (Å²) in [4.78, 5) is 12.7. The zero-order chi connectivity index (χ0) is 28.7. The second-order valence-electron chi connectivity index (χ2n) is 11.8.